The molecular formula is C15H25NO2S. The van der Waals surface area contributed by atoms with Crippen LogP contribution in [0.2, 0.25) is 0 Å². The fourth-order valence-electron chi connectivity index (χ4n) is 1.68. The molecule has 0 aliphatic rings. The molecule has 0 saturated heterocycles. The Morgan fingerprint density at radius 2 is 2.00 bits per heavy atom. The Bertz CT molecular complexity index is 418. The van der Waals surface area contributed by atoms with Gasteiger partial charge in [0.2, 0.25) is 0 Å². The summed E-state index contributed by atoms with van der Waals surface area (Å²) in [6.07, 6.45) is 0. The van der Waals surface area contributed by atoms with Gasteiger partial charge in [0.25, 0.3) is 0 Å². The lowest BCUT2D eigenvalue weighted by atomic mass is 9.95. The summed E-state index contributed by atoms with van der Waals surface area (Å²) >= 11 is 1.68. The number of methoxy groups -OCH3 is 1. The number of carbonyl (C=O) groups excluding carboxylic acids is 1. The third kappa shape index (κ3) is 4.62. The van der Waals surface area contributed by atoms with Gasteiger partial charge in [-0.3, -0.25) is 5.32 Å². The predicted molar refractivity (Wildman–Crippen MR) is 80.6 cm³/mol. The molecule has 1 N–H and O–H groups in total. The molecule has 1 aromatic heterocycles. The zero-order valence-corrected chi connectivity index (χ0v) is 13.6. The van der Waals surface area contributed by atoms with Gasteiger partial charge < -0.3 is 4.74 Å². The summed E-state index contributed by atoms with van der Waals surface area (Å²) in [5.74, 6) is 0.275. The van der Waals surface area contributed by atoms with E-state index in [4.69, 9.17) is 4.74 Å². The van der Waals surface area contributed by atoms with Crippen LogP contribution >= 0.6 is 11.3 Å². The molecule has 0 aromatic carbocycles. The molecule has 0 aliphatic heterocycles. The van der Waals surface area contributed by atoms with Crippen molar-refractivity contribution in [1.29, 1.82) is 0 Å². The maximum atomic E-state index is 11.9. The van der Waals surface area contributed by atoms with Crippen molar-refractivity contribution in [1.82, 2.24) is 5.32 Å². The van der Waals surface area contributed by atoms with Crippen LogP contribution in [0.5, 0.6) is 0 Å². The third-order valence-corrected chi connectivity index (χ3v) is 4.39. The maximum absolute atomic E-state index is 11.9. The Labute approximate surface area is 120 Å². The molecular weight excluding hydrogens is 258 g/mol. The largest absolute Gasteiger partial charge is 0.468 e. The van der Waals surface area contributed by atoms with E-state index in [2.05, 4.69) is 46.0 Å². The number of rotatable bonds is 5. The lowest BCUT2D eigenvalue weighted by Crippen LogP contribution is -2.31. The summed E-state index contributed by atoms with van der Waals surface area (Å²) in [5.41, 5.74) is 0.113. The summed E-state index contributed by atoms with van der Waals surface area (Å²) in [6, 6.07) is 3.78. The third-order valence-electron chi connectivity index (χ3n) is 2.82. The van der Waals surface area contributed by atoms with E-state index < -0.39 is 0 Å². The summed E-state index contributed by atoms with van der Waals surface area (Å²) in [5, 5.41) is 3.29. The SMILES string of the molecule is COC(=O)C(NCC(C)C)c1ccc(C(C)(C)C)s1. The summed E-state index contributed by atoms with van der Waals surface area (Å²) in [4.78, 5) is 14.2. The monoisotopic (exact) mass is 283 g/mol. The van der Waals surface area contributed by atoms with Gasteiger partial charge >= 0.3 is 5.97 Å². The topological polar surface area (TPSA) is 38.3 Å². The average molecular weight is 283 g/mol. The fourth-order valence-corrected chi connectivity index (χ4v) is 2.81. The van der Waals surface area contributed by atoms with E-state index in [1.54, 1.807) is 11.3 Å². The van der Waals surface area contributed by atoms with E-state index in [1.807, 2.05) is 6.07 Å². The Kier molecular flexibility index (Phi) is 5.56. The van der Waals surface area contributed by atoms with Crippen LogP contribution in [0.25, 0.3) is 0 Å². The van der Waals surface area contributed by atoms with Crippen molar-refractivity contribution in [2.75, 3.05) is 13.7 Å². The van der Waals surface area contributed by atoms with E-state index in [0.717, 1.165) is 11.4 Å². The highest BCUT2D eigenvalue weighted by Gasteiger charge is 2.25. The summed E-state index contributed by atoms with van der Waals surface area (Å²) in [7, 11) is 1.44. The van der Waals surface area contributed by atoms with Gasteiger partial charge in [-0.1, -0.05) is 34.6 Å². The second kappa shape index (κ2) is 6.53. The normalized spacial score (nSPS) is 13.6. The van der Waals surface area contributed by atoms with Gasteiger partial charge in [-0.15, -0.1) is 11.3 Å². The first-order valence-corrected chi connectivity index (χ1v) is 7.48. The van der Waals surface area contributed by atoms with Gasteiger partial charge in [-0.2, -0.15) is 0 Å². The van der Waals surface area contributed by atoms with E-state index in [9.17, 15) is 4.79 Å². The van der Waals surface area contributed by atoms with Crippen LogP contribution in [-0.4, -0.2) is 19.6 Å². The first kappa shape index (κ1) is 16.2. The molecule has 1 rings (SSSR count). The van der Waals surface area contributed by atoms with Gasteiger partial charge in [-0.05, 0) is 30.0 Å². The highest BCUT2D eigenvalue weighted by atomic mass is 32.1. The molecule has 0 saturated carbocycles. The van der Waals surface area contributed by atoms with Crippen molar-refractivity contribution in [3.63, 3.8) is 0 Å². The predicted octanol–water partition coefficient (Wildman–Crippen LogP) is 3.51. The van der Waals surface area contributed by atoms with Crippen LogP contribution in [0, 0.1) is 5.92 Å². The van der Waals surface area contributed by atoms with Crippen molar-refractivity contribution in [2.24, 2.45) is 5.92 Å². The van der Waals surface area contributed by atoms with Gasteiger partial charge in [0.15, 0.2) is 0 Å². The molecule has 1 aromatic rings. The second-order valence-corrected chi connectivity index (χ2v) is 7.33. The highest BCUT2D eigenvalue weighted by molar-refractivity contribution is 7.12. The Morgan fingerprint density at radius 1 is 1.37 bits per heavy atom. The number of thiophene rings is 1. The molecule has 0 bridgehead atoms. The Hall–Kier alpha value is -0.870. The van der Waals surface area contributed by atoms with Gasteiger partial charge in [0.05, 0.1) is 7.11 Å². The zero-order chi connectivity index (χ0) is 14.6. The molecule has 1 atom stereocenters. The quantitative estimate of drug-likeness (QED) is 0.840. The Morgan fingerprint density at radius 3 is 2.42 bits per heavy atom. The maximum Gasteiger partial charge on any atom is 0.328 e. The van der Waals surface area contributed by atoms with Gasteiger partial charge in [0.1, 0.15) is 6.04 Å². The van der Waals surface area contributed by atoms with Crippen molar-refractivity contribution < 1.29 is 9.53 Å². The number of hydrogen-bond acceptors (Lipinski definition) is 4. The van der Waals surface area contributed by atoms with Gasteiger partial charge in [0, 0.05) is 9.75 Å². The van der Waals surface area contributed by atoms with Crippen LogP contribution in [0.4, 0.5) is 0 Å². The highest BCUT2D eigenvalue weighted by Crippen LogP contribution is 2.32. The Balaban J connectivity index is 2.91. The van der Waals surface area contributed by atoms with E-state index in [0.29, 0.717) is 5.92 Å². The lowest BCUT2D eigenvalue weighted by Gasteiger charge is -2.18. The van der Waals surface area contributed by atoms with E-state index in [1.165, 1.54) is 12.0 Å². The van der Waals surface area contributed by atoms with Crippen molar-refractivity contribution in [3.8, 4) is 0 Å². The molecule has 19 heavy (non-hydrogen) atoms. The number of esters is 1. The van der Waals surface area contributed by atoms with Crippen LogP contribution < -0.4 is 5.32 Å². The molecule has 0 spiro atoms. The average Bonchev–Trinajstić information content (AvgIpc) is 2.77. The van der Waals surface area contributed by atoms with Crippen LogP contribution in [-0.2, 0) is 14.9 Å². The standard InChI is InChI=1S/C15H25NO2S/c1-10(2)9-16-13(14(17)18-6)11-7-8-12(19-11)15(3,4)5/h7-8,10,13,16H,9H2,1-6H3. The molecule has 4 heteroatoms. The molecule has 3 nitrogen and oxygen atoms in total. The molecule has 0 fully saturated rings. The number of carbonyl (C=O) groups is 1. The van der Waals surface area contributed by atoms with Crippen LogP contribution in [0.3, 0.4) is 0 Å². The molecule has 1 unspecified atom stereocenters. The summed E-state index contributed by atoms with van der Waals surface area (Å²) in [6.45, 7) is 11.6. The summed E-state index contributed by atoms with van der Waals surface area (Å²) < 4.78 is 4.90. The number of ether oxygens (including phenoxy) is 1. The minimum absolute atomic E-state index is 0.113. The van der Waals surface area contributed by atoms with E-state index in [-0.39, 0.29) is 17.4 Å². The fraction of sp³-hybridized carbons (Fsp3) is 0.667. The van der Waals surface area contributed by atoms with Crippen LogP contribution in [0.1, 0.15) is 50.4 Å². The number of nitrogens with one attached hydrogen (secondary N) is 1. The molecule has 108 valence electrons. The second-order valence-electron chi connectivity index (χ2n) is 6.21. The van der Waals surface area contributed by atoms with Crippen molar-refractivity contribution in [2.45, 2.75) is 46.1 Å². The van der Waals surface area contributed by atoms with Crippen LogP contribution in [0.15, 0.2) is 12.1 Å². The minimum atomic E-state index is -0.353. The lowest BCUT2D eigenvalue weighted by molar-refractivity contribution is -0.143. The van der Waals surface area contributed by atoms with Gasteiger partial charge in [-0.25, -0.2) is 4.79 Å². The van der Waals surface area contributed by atoms with Crippen molar-refractivity contribution in [3.05, 3.63) is 21.9 Å². The van der Waals surface area contributed by atoms with E-state index >= 15 is 0 Å². The first-order valence-electron chi connectivity index (χ1n) is 6.67. The zero-order valence-electron chi connectivity index (χ0n) is 12.7. The molecule has 0 amide bonds. The molecule has 1 heterocycles. The minimum Gasteiger partial charge on any atom is -0.468 e. The number of hydrogen-bond donors (Lipinski definition) is 1. The molecule has 0 radical (unpaired) electrons. The van der Waals surface area contributed by atoms with Crippen molar-refractivity contribution >= 4 is 17.3 Å². The molecule has 0 aliphatic carbocycles. The first-order chi connectivity index (χ1) is 8.75. The smallest absolute Gasteiger partial charge is 0.328 e.